The van der Waals surface area contributed by atoms with Gasteiger partial charge in [0.05, 0.1) is 10.4 Å². The van der Waals surface area contributed by atoms with Crippen LogP contribution in [0.5, 0.6) is 0 Å². The summed E-state index contributed by atoms with van der Waals surface area (Å²) in [5.74, 6) is -1.28. The van der Waals surface area contributed by atoms with E-state index in [4.69, 9.17) is 5.11 Å². The smallest absolute Gasteiger partial charge is 0.416 e. The molecule has 0 amide bonds. The predicted molar refractivity (Wildman–Crippen MR) is 67.2 cm³/mol. The maximum atomic E-state index is 12.6. The van der Waals surface area contributed by atoms with Crippen LogP contribution in [0.3, 0.4) is 0 Å². The lowest BCUT2D eigenvalue weighted by Gasteiger charge is -2.07. The van der Waals surface area contributed by atoms with Crippen molar-refractivity contribution < 1.29 is 23.1 Å². The minimum absolute atomic E-state index is 0.176. The van der Waals surface area contributed by atoms with Crippen molar-refractivity contribution in [1.82, 2.24) is 4.98 Å². The van der Waals surface area contributed by atoms with Crippen molar-refractivity contribution in [3.63, 3.8) is 0 Å². The van der Waals surface area contributed by atoms with Gasteiger partial charge >= 0.3 is 12.1 Å². The Kier molecular flexibility index (Phi) is 3.64. The molecule has 0 aliphatic heterocycles. The lowest BCUT2D eigenvalue weighted by molar-refractivity contribution is -0.137. The zero-order valence-electron chi connectivity index (χ0n) is 9.03. The van der Waals surface area contributed by atoms with Crippen LogP contribution in [0.4, 0.5) is 13.2 Å². The van der Waals surface area contributed by atoms with Crippen LogP contribution in [0.15, 0.2) is 28.2 Å². The quantitative estimate of drug-likeness (QED) is 0.877. The van der Waals surface area contributed by atoms with E-state index in [1.165, 1.54) is 12.1 Å². The number of benzene rings is 1. The number of carboxylic acids is 1. The number of hydrogen-bond acceptors (Lipinski definition) is 3. The first kappa shape index (κ1) is 14.0. The van der Waals surface area contributed by atoms with Gasteiger partial charge in [-0.25, -0.2) is 9.78 Å². The fraction of sp³-hybridized carbons (Fsp3) is 0.0909. The van der Waals surface area contributed by atoms with E-state index in [0.29, 0.717) is 3.92 Å². The highest BCUT2D eigenvalue weighted by Crippen LogP contribution is 2.36. The number of rotatable bonds is 2. The molecule has 1 N–H and O–H groups in total. The van der Waals surface area contributed by atoms with Gasteiger partial charge in [-0.05, 0) is 33.6 Å². The van der Waals surface area contributed by atoms with E-state index in [2.05, 4.69) is 20.9 Å². The van der Waals surface area contributed by atoms with Crippen LogP contribution < -0.4 is 0 Å². The zero-order valence-corrected chi connectivity index (χ0v) is 11.4. The molecule has 2 aromatic rings. The molecule has 19 heavy (non-hydrogen) atoms. The van der Waals surface area contributed by atoms with Crippen LogP contribution in [0.2, 0.25) is 0 Å². The SMILES string of the molecule is O=C(O)c1nc(Br)sc1-c1cccc(C(F)(F)F)c1. The average molecular weight is 352 g/mol. The molecule has 0 unspecified atom stereocenters. The second-order valence-corrected chi connectivity index (χ2v) is 5.80. The maximum absolute atomic E-state index is 12.6. The Morgan fingerprint density at radius 3 is 2.63 bits per heavy atom. The lowest BCUT2D eigenvalue weighted by atomic mass is 10.1. The second kappa shape index (κ2) is 4.93. The van der Waals surface area contributed by atoms with Gasteiger partial charge in [-0.3, -0.25) is 0 Å². The fourth-order valence-corrected chi connectivity index (χ4v) is 2.91. The summed E-state index contributed by atoms with van der Waals surface area (Å²) in [5.41, 5.74) is -0.919. The summed E-state index contributed by atoms with van der Waals surface area (Å²) in [6.45, 7) is 0. The molecule has 0 saturated carbocycles. The molecule has 1 heterocycles. The fourth-order valence-electron chi connectivity index (χ4n) is 1.47. The van der Waals surface area contributed by atoms with Gasteiger partial charge in [0.15, 0.2) is 9.61 Å². The van der Waals surface area contributed by atoms with E-state index in [-0.39, 0.29) is 16.1 Å². The molecule has 0 atom stereocenters. The van der Waals surface area contributed by atoms with Crippen LogP contribution in [-0.2, 0) is 6.18 Å². The van der Waals surface area contributed by atoms with E-state index >= 15 is 0 Å². The van der Waals surface area contributed by atoms with E-state index in [1.807, 2.05) is 0 Å². The van der Waals surface area contributed by atoms with Gasteiger partial charge in [-0.15, -0.1) is 11.3 Å². The Morgan fingerprint density at radius 2 is 2.05 bits per heavy atom. The molecule has 0 saturated heterocycles. The van der Waals surface area contributed by atoms with Gasteiger partial charge in [0, 0.05) is 0 Å². The summed E-state index contributed by atoms with van der Waals surface area (Å²) < 4.78 is 38.1. The molecule has 0 fully saturated rings. The number of carboxylic acid groups (broad SMARTS) is 1. The number of nitrogens with zero attached hydrogens (tertiary/aromatic N) is 1. The molecule has 1 aromatic carbocycles. The van der Waals surface area contributed by atoms with Crippen molar-refractivity contribution in [2.75, 3.05) is 0 Å². The number of halogens is 4. The molecular weight excluding hydrogens is 347 g/mol. The number of alkyl halides is 3. The zero-order chi connectivity index (χ0) is 14.2. The summed E-state index contributed by atoms with van der Waals surface area (Å²) in [6, 6.07) is 4.49. The van der Waals surface area contributed by atoms with Crippen molar-refractivity contribution in [2.24, 2.45) is 0 Å². The van der Waals surface area contributed by atoms with Gasteiger partial charge in [0.1, 0.15) is 0 Å². The Bertz CT molecular complexity index is 639. The Hall–Kier alpha value is -1.41. The van der Waals surface area contributed by atoms with Gasteiger partial charge in [-0.2, -0.15) is 13.2 Å². The van der Waals surface area contributed by atoms with E-state index in [0.717, 1.165) is 23.5 Å². The van der Waals surface area contributed by atoms with Crippen LogP contribution >= 0.6 is 27.3 Å². The molecule has 8 heteroatoms. The highest BCUT2D eigenvalue weighted by atomic mass is 79.9. The molecule has 100 valence electrons. The first-order chi connectivity index (χ1) is 8.79. The Labute approximate surface area is 117 Å². The highest BCUT2D eigenvalue weighted by Gasteiger charge is 2.31. The van der Waals surface area contributed by atoms with Crippen LogP contribution in [-0.4, -0.2) is 16.1 Å². The third kappa shape index (κ3) is 2.95. The third-order valence-corrected chi connectivity index (χ3v) is 3.81. The summed E-state index contributed by atoms with van der Waals surface area (Å²) in [4.78, 5) is 14.9. The molecule has 0 radical (unpaired) electrons. The molecule has 0 aliphatic rings. The topological polar surface area (TPSA) is 50.2 Å². The summed E-state index contributed by atoms with van der Waals surface area (Å²) in [5, 5.41) is 8.97. The number of aromatic nitrogens is 1. The normalized spacial score (nSPS) is 11.6. The Balaban J connectivity index is 2.57. The molecule has 0 bridgehead atoms. The highest BCUT2D eigenvalue weighted by molar-refractivity contribution is 9.11. The maximum Gasteiger partial charge on any atom is 0.416 e. The van der Waals surface area contributed by atoms with Crippen molar-refractivity contribution in [3.8, 4) is 10.4 Å². The molecule has 3 nitrogen and oxygen atoms in total. The minimum Gasteiger partial charge on any atom is -0.476 e. The molecule has 0 aliphatic carbocycles. The average Bonchev–Trinajstić information content (AvgIpc) is 2.71. The van der Waals surface area contributed by atoms with Crippen LogP contribution in [0.1, 0.15) is 16.1 Å². The minimum atomic E-state index is -4.47. The molecule has 2 rings (SSSR count). The number of carbonyl (C=O) groups is 1. The van der Waals surface area contributed by atoms with Gasteiger partial charge < -0.3 is 5.11 Å². The van der Waals surface area contributed by atoms with E-state index in [1.54, 1.807) is 0 Å². The van der Waals surface area contributed by atoms with Crippen molar-refractivity contribution in [3.05, 3.63) is 39.4 Å². The number of hydrogen-bond donors (Lipinski definition) is 1. The predicted octanol–water partition coefficient (Wildman–Crippen LogP) is 4.29. The van der Waals surface area contributed by atoms with E-state index in [9.17, 15) is 18.0 Å². The standard InChI is InChI=1S/C11H5BrF3NO2S/c12-10-16-7(9(17)18)8(19-10)5-2-1-3-6(4-5)11(13,14)15/h1-4H,(H,17,18). The van der Waals surface area contributed by atoms with Crippen molar-refractivity contribution in [2.45, 2.75) is 6.18 Å². The van der Waals surface area contributed by atoms with Crippen molar-refractivity contribution >= 4 is 33.2 Å². The van der Waals surface area contributed by atoms with E-state index < -0.39 is 17.7 Å². The van der Waals surface area contributed by atoms with Crippen molar-refractivity contribution in [1.29, 1.82) is 0 Å². The molecule has 0 spiro atoms. The van der Waals surface area contributed by atoms with Crippen LogP contribution in [0, 0.1) is 0 Å². The summed E-state index contributed by atoms with van der Waals surface area (Å²) in [6.07, 6.45) is -4.47. The summed E-state index contributed by atoms with van der Waals surface area (Å²) in [7, 11) is 0. The first-order valence-corrected chi connectivity index (χ1v) is 6.47. The molecule has 1 aromatic heterocycles. The number of thiazole rings is 1. The largest absolute Gasteiger partial charge is 0.476 e. The number of aromatic carboxylic acids is 1. The van der Waals surface area contributed by atoms with Crippen LogP contribution in [0.25, 0.3) is 10.4 Å². The van der Waals surface area contributed by atoms with Gasteiger partial charge in [0.2, 0.25) is 0 Å². The monoisotopic (exact) mass is 351 g/mol. The summed E-state index contributed by atoms with van der Waals surface area (Å²) >= 11 is 4.00. The Morgan fingerprint density at radius 1 is 1.37 bits per heavy atom. The third-order valence-electron chi connectivity index (χ3n) is 2.26. The lowest BCUT2D eigenvalue weighted by Crippen LogP contribution is -2.05. The molecular formula is C11H5BrF3NO2S. The van der Waals surface area contributed by atoms with Gasteiger partial charge in [0.25, 0.3) is 0 Å². The van der Waals surface area contributed by atoms with Gasteiger partial charge in [-0.1, -0.05) is 12.1 Å². The first-order valence-electron chi connectivity index (χ1n) is 4.86. The second-order valence-electron chi connectivity index (χ2n) is 3.53.